The highest BCUT2D eigenvalue weighted by Crippen LogP contribution is 2.19. The van der Waals surface area contributed by atoms with Crippen molar-refractivity contribution in [2.75, 3.05) is 13.7 Å². The van der Waals surface area contributed by atoms with Gasteiger partial charge in [-0.3, -0.25) is 4.79 Å². The predicted molar refractivity (Wildman–Crippen MR) is 71.4 cm³/mol. The van der Waals surface area contributed by atoms with E-state index < -0.39 is 23.7 Å². The summed E-state index contributed by atoms with van der Waals surface area (Å²) in [6.45, 7) is 0.389. The highest BCUT2D eigenvalue weighted by atomic mass is 35.5. The SMILES string of the molecule is COCCCC(NC(=O)c1cccc(F)c1Cl)C(=O)O. The number of carbonyl (C=O) groups excluding carboxylic acids is 1. The molecule has 0 aliphatic rings. The van der Waals surface area contributed by atoms with Gasteiger partial charge in [-0.1, -0.05) is 17.7 Å². The van der Waals surface area contributed by atoms with Gasteiger partial charge in [-0.2, -0.15) is 0 Å². The molecule has 0 bridgehead atoms. The Bertz CT molecular complexity index is 495. The number of hydrogen-bond donors (Lipinski definition) is 2. The Morgan fingerprint density at radius 2 is 2.20 bits per heavy atom. The average Bonchev–Trinajstić information content (AvgIpc) is 2.40. The second-order valence-electron chi connectivity index (χ2n) is 4.10. The first-order valence-corrected chi connectivity index (χ1v) is 6.31. The Labute approximate surface area is 120 Å². The summed E-state index contributed by atoms with van der Waals surface area (Å²) in [5.41, 5.74) is -0.0929. The van der Waals surface area contributed by atoms with Crippen LogP contribution in [0.5, 0.6) is 0 Å². The molecule has 1 aromatic rings. The summed E-state index contributed by atoms with van der Waals surface area (Å²) in [4.78, 5) is 23.0. The minimum Gasteiger partial charge on any atom is -0.480 e. The third-order valence-corrected chi connectivity index (χ3v) is 3.03. The Morgan fingerprint density at radius 1 is 1.50 bits per heavy atom. The molecule has 0 fully saturated rings. The van der Waals surface area contributed by atoms with E-state index in [0.717, 1.165) is 6.07 Å². The first kappa shape index (κ1) is 16.4. The molecule has 7 heteroatoms. The van der Waals surface area contributed by atoms with Gasteiger partial charge in [-0.15, -0.1) is 0 Å². The van der Waals surface area contributed by atoms with Crippen LogP contribution in [0.1, 0.15) is 23.2 Å². The summed E-state index contributed by atoms with van der Waals surface area (Å²) < 4.78 is 18.1. The molecular formula is C13H15ClFNO4. The normalized spacial score (nSPS) is 11.9. The van der Waals surface area contributed by atoms with Crippen molar-refractivity contribution in [2.24, 2.45) is 0 Å². The molecule has 0 spiro atoms. The molecule has 1 rings (SSSR count). The number of methoxy groups -OCH3 is 1. The van der Waals surface area contributed by atoms with Crippen molar-refractivity contribution in [1.29, 1.82) is 0 Å². The van der Waals surface area contributed by atoms with Crippen molar-refractivity contribution in [3.63, 3.8) is 0 Å². The van der Waals surface area contributed by atoms with Crippen LogP contribution in [0, 0.1) is 5.82 Å². The molecule has 1 aromatic carbocycles. The third kappa shape index (κ3) is 4.47. The van der Waals surface area contributed by atoms with Crippen LogP contribution in [0.3, 0.4) is 0 Å². The first-order chi connectivity index (χ1) is 9.47. The van der Waals surface area contributed by atoms with Crippen LogP contribution in [0.25, 0.3) is 0 Å². The zero-order valence-electron chi connectivity index (χ0n) is 10.9. The van der Waals surface area contributed by atoms with Crippen LogP contribution in [0.2, 0.25) is 5.02 Å². The van der Waals surface area contributed by atoms with E-state index >= 15 is 0 Å². The fourth-order valence-corrected chi connectivity index (χ4v) is 1.82. The minimum absolute atomic E-state index is 0.0929. The second-order valence-corrected chi connectivity index (χ2v) is 4.48. The summed E-state index contributed by atoms with van der Waals surface area (Å²) >= 11 is 5.67. The Kier molecular flexibility index (Phi) is 6.41. The maximum absolute atomic E-state index is 13.2. The highest BCUT2D eigenvalue weighted by Gasteiger charge is 2.22. The van der Waals surface area contributed by atoms with Gasteiger partial charge in [0.2, 0.25) is 0 Å². The van der Waals surface area contributed by atoms with Gasteiger partial charge in [0.25, 0.3) is 5.91 Å². The minimum atomic E-state index is -1.16. The average molecular weight is 304 g/mol. The van der Waals surface area contributed by atoms with Gasteiger partial charge in [0.05, 0.1) is 10.6 Å². The van der Waals surface area contributed by atoms with Crippen molar-refractivity contribution < 1.29 is 23.8 Å². The number of halogens is 2. The summed E-state index contributed by atoms with van der Waals surface area (Å²) in [5, 5.41) is 11.0. The molecule has 2 N–H and O–H groups in total. The lowest BCUT2D eigenvalue weighted by Crippen LogP contribution is -2.41. The van der Waals surface area contributed by atoms with E-state index in [9.17, 15) is 14.0 Å². The monoisotopic (exact) mass is 303 g/mol. The lowest BCUT2D eigenvalue weighted by molar-refractivity contribution is -0.139. The zero-order chi connectivity index (χ0) is 15.1. The number of rotatable bonds is 7. The number of aliphatic carboxylic acids is 1. The Balaban J connectivity index is 2.75. The first-order valence-electron chi connectivity index (χ1n) is 5.94. The van der Waals surface area contributed by atoms with E-state index in [1.807, 2.05) is 0 Å². The van der Waals surface area contributed by atoms with Gasteiger partial charge in [0.15, 0.2) is 0 Å². The van der Waals surface area contributed by atoms with Crippen LogP contribution in [-0.4, -0.2) is 36.7 Å². The van der Waals surface area contributed by atoms with Crippen LogP contribution in [-0.2, 0) is 9.53 Å². The number of ether oxygens (including phenoxy) is 1. The van der Waals surface area contributed by atoms with E-state index in [1.165, 1.54) is 19.2 Å². The largest absolute Gasteiger partial charge is 0.480 e. The maximum Gasteiger partial charge on any atom is 0.326 e. The molecule has 5 nitrogen and oxygen atoms in total. The lowest BCUT2D eigenvalue weighted by Gasteiger charge is -2.15. The van der Waals surface area contributed by atoms with Gasteiger partial charge in [0.1, 0.15) is 11.9 Å². The molecular weight excluding hydrogens is 289 g/mol. The van der Waals surface area contributed by atoms with Crippen LogP contribution >= 0.6 is 11.6 Å². The standard InChI is InChI=1S/C13H15ClFNO4/c1-20-7-3-6-10(13(18)19)16-12(17)8-4-2-5-9(15)11(8)14/h2,4-5,10H,3,6-7H2,1H3,(H,16,17)(H,18,19). The van der Waals surface area contributed by atoms with E-state index in [4.69, 9.17) is 21.4 Å². The number of carbonyl (C=O) groups is 2. The molecule has 0 aliphatic heterocycles. The third-order valence-electron chi connectivity index (χ3n) is 2.64. The highest BCUT2D eigenvalue weighted by molar-refractivity contribution is 6.34. The molecule has 1 atom stereocenters. The second kappa shape index (κ2) is 7.81. The van der Waals surface area contributed by atoms with Crippen molar-refractivity contribution >= 4 is 23.5 Å². The van der Waals surface area contributed by atoms with Crippen LogP contribution < -0.4 is 5.32 Å². The lowest BCUT2D eigenvalue weighted by atomic mass is 10.1. The zero-order valence-corrected chi connectivity index (χ0v) is 11.6. The topological polar surface area (TPSA) is 75.6 Å². The van der Waals surface area contributed by atoms with Gasteiger partial charge in [-0.25, -0.2) is 9.18 Å². The Morgan fingerprint density at radius 3 is 2.80 bits per heavy atom. The molecule has 1 amide bonds. The van der Waals surface area contributed by atoms with Gasteiger partial charge >= 0.3 is 5.97 Å². The van der Waals surface area contributed by atoms with Crippen LogP contribution in [0.4, 0.5) is 4.39 Å². The number of amides is 1. The number of carboxylic acids is 1. The van der Waals surface area contributed by atoms with Crippen LogP contribution in [0.15, 0.2) is 18.2 Å². The fourth-order valence-electron chi connectivity index (χ4n) is 1.60. The number of hydrogen-bond acceptors (Lipinski definition) is 3. The van der Waals surface area contributed by atoms with E-state index in [2.05, 4.69) is 5.32 Å². The molecule has 0 heterocycles. The summed E-state index contributed by atoms with van der Waals surface area (Å²) in [7, 11) is 1.50. The molecule has 110 valence electrons. The Hall–Kier alpha value is -1.66. The number of nitrogens with one attached hydrogen (secondary N) is 1. The van der Waals surface area contributed by atoms with E-state index in [1.54, 1.807) is 0 Å². The molecule has 0 saturated carbocycles. The molecule has 0 saturated heterocycles. The predicted octanol–water partition coefficient (Wildman–Crippen LogP) is 2.09. The molecule has 0 aliphatic carbocycles. The van der Waals surface area contributed by atoms with Crippen molar-refractivity contribution in [3.05, 3.63) is 34.6 Å². The van der Waals surface area contributed by atoms with E-state index in [0.29, 0.717) is 13.0 Å². The molecule has 20 heavy (non-hydrogen) atoms. The smallest absolute Gasteiger partial charge is 0.326 e. The fraction of sp³-hybridized carbons (Fsp3) is 0.385. The molecule has 0 aromatic heterocycles. The summed E-state index contributed by atoms with van der Waals surface area (Å²) in [6, 6.07) is 2.70. The number of carboxylic acid groups (broad SMARTS) is 1. The maximum atomic E-state index is 13.2. The number of benzene rings is 1. The molecule has 1 unspecified atom stereocenters. The van der Waals surface area contributed by atoms with Crippen molar-refractivity contribution in [1.82, 2.24) is 5.32 Å². The van der Waals surface area contributed by atoms with Gasteiger partial charge in [-0.05, 0) is 25.0 Å². The quantitative estimate of drug-likeness (QED) is 0.756. The van der Waals surface area contributed by atoms with Gasteiger partial charge in [0, 0.05) is 13.7 Å². The summed E-state index contributed by atoms with van der Waals surface area (Å²) in [6.07, 6.45) is 0.687. The van der Waals surface area contributed by atoms with Gasteiger partial charge < -0.3 is 15.2 Å². The summed E-state index contributed by atoms with van der Waals surface area (Å²) in [5.74, 6) is -2.62. The molecule has 0 radical (unpaired) electrons. The van der Waals surface area contributed by atoms with Crippen molar-refractivity contribution in [2.45, 2.75) is 18.9 Å². The van der Waals surface area contributed by atoms with E-state index in [-0.39, 0.29) is 17.0 Å². The van der Waals surface area contributed by atoms with Crippen molar-refractivity contribution in [3.8, 4) is 0 Å².